The molecule has 4 aromatic carbocycles. The molecule has 2 aliphatic heterocycles. The molecule has 0 bridgehead atoms. The normalized spacial score (nSPS) is 13.5. The van der Waals surface area contributed by atoms with Gasteiger partial charge in [0.25, 0.3) is 11.8 Å². The van der Waals surface area contributed by atoms with E-state index in [4.69, 9.17) is 118 Å². The molecule has 25 nitrogen and oxygen atoms in total. The topological polar surface area (TPSA) is 265 Å². The van der Waals surface area contributed by atoms with Crippen LogP contribution in [0.5, 0.6) is 34.5 Å². The summed E-state index contributed by atoms with van der Waals surface area (Å²) in [6.45, 7) is 13.6. The second-order valence-electron chi connectivity index (χ2n) is 27.6. The second-order valence-corrected chi connectivity index (χ2v) is 29.9. The van der Waals surface area contributed by atoms with E-state index in [-0.39, 0.29) is 95.2 Å². The number of fused-ring (bicyclic) bond motifs is 9. The standard InChI is InChI=1S/C84H76Cl6N16O9/c1-11-68(107)102-22-18-45(19-23-102)14-12-17-52-38-104-58-30-66(91-4)94-35-48(58)27-53(79(104)97-52)70-74(87)63(113-10)34-65(77(70)90)115-42-44(3)83(109)103-24-20-46(21-25-103)56-40-106-78-50(37-96-84(93-6)101-78)29-55(81(106)99-56)71-75(88)62(112-9)33-64(76(71)89)114-41-43(2)82(108)98-51-16-13-15-47(26-51)57-39-105-59-31-67(92-5)95-36-49(59)28-54(80(105)100-57)69-72(85)60(110-7)32-61(111-8)73(69)86/h11-13,15-17,26-40,45-46H,1-3,14,18-25,41-42H2,4-10H3,(H,91,94)(H,92,95)(H,98,108)(H,93,96,101)/b17-12+. The third-order valence-corrected chi connectivity index (χ3v) is 23.1. The van der Waals surface area contributed by atoms with Gasteiger partial charge in [-0.2, -0.15) is 4.98 Å². The summed E-state index contributed by atoms with van der Waals surface area (Å²) in [7, 11) is 11.3. The van der Waals surface area contributed by atoms with Gasteiger partial charge in [-0.05, 0) is 80.5 Å². The first-order valence-electron chi connectivity index (χ1n) is 36.6. The molecular weight excluding hydrogens is 1590 g/mol. The van der Waals surface area contributed by atoms with Gasteiger partial charge in [-0.3, -0.25) is 27.6 Å². The lowest BCUT2D eigenvalue weighted by atomic mass is 9.93. The number of pyridine rings is 5. The molecule has 0 aliphatic carbocycles. The number of benzene rings is 4. The molecule has 9 aromatic heterocycles. The van der Waals surface area contributed by atoms with E-state index in [1.54, 1.807) is 74.0 Å². The number of aromatic nitrogens is 10. The number of hydrogen-bond acceptors (Lipinski definition) is 19. The predicted molar refractivity (Wildman–Crippen MR) is 456 cm³/mol. The third-order valence-electron chi connectivity index (χ3n) is 20.9. The van der Waals surface area contributed by atoms with Gasteiger partial charge in [0.1, 0.15) is 76.3 Å². The van der Waals surface area contributed by atoms with Gasteiger partial charge in [0.15, 0.2) is 5.65 Å². The van der Waals surface area contributed by atoms with Crippen molar-refractivity contribution in [1.82, 2.24) is 57.9 Å². The molecule has 4 N–H and O–H groups in total. The van der Waals surface area contributed by atoms with Crippen molar-refractivity contribution >= 4 is 166 Å². The molecule has 0 atom stereocenters. The Morgan fingerprint density at radius 2 is 1.03 bits per heavy atom. The summed E-state index contributed by atoms with van der Waals surface area (Å²) in [6, 6.07) is 21.6. The maximum atomic E-state index is 14.4. The largest absolute Gasteiger partial charge is 0.495 e. The van der Waals surface area contributed by atoms with Crippen LogP contribution >= 0.6 is 69.6 Å². The number of allylic oxidation sites excluding steroid dienone is 1. The average molecular weight is 1670 g/mol. The molecule has 0 spiro atoms. The summed E-state index contributed by atoms with van der Waals surface area (Å²) in [5.41, 5.74) is 9.96. The van der Waals surface area contributed by atoms with Crippen LogP contribution in [0.3, 0.4) is 0 Å². The van der Waals surface area contributed by atoms with Gasteiger partial charge >= 0.3 is 0 Å². The first-order valence-corrected chi connectivity index (χ1v) is 38.9. The van der Waals surface area contributed by atoms with Crippen LogP contribution in [-0.4, -0.2) is 165 Å². The highest BCUT2D eigenvalue weighted by Gasteiger charge is 2.32. The number of nitrogens with zero attached hydrogens (tertiary/aromatic N) is 12. The van der Waals surface area contributed by atoms with E-state index >= 15 is 0 Å². The fraction of sp³-hybridized carbons (Fsp3) is 0.238. The van der Waals surface area contributed by atoms with E-state index in [0.717, 1.165) is 46.8 Å². The first kappa shape index (κ1) is 78.7. The molecule has 0 unspecified atom stereocenters. The van der Waals surface area contributed by atoms with Crippen LogP contribution in [0.15, 0.2) is 153 Å². The van der Waals surface area contributed by atoms with Gasteiger partial charge in [0.05, 0.1) is 86.7 Å². The molecule has 0 radical (unpaired) electrons. The lowest BCUT2D eigenvalue weighted by Gasteiger charge is -2.31. The fourth-order valence-electron chi connectivity index (χ4n) is 14.7. The molecule has 0 saturated carbocycles. The van der Waals surface area contributed by atoms with E-state index in [9.17, 15) is 14.4 Å². The minimum Gasteiger partial charge on any atom is -0.495 e. The summed E-state index contributed by atoms with van der Waals surface area (Å²) in [5.74, 6) is 2.67. The molecule has 2 saturated heterocycles. The van der Waals surface area contributed by atoms with Crippen molar-refractivity contribution in [3.8, 4) is 79.1 Å². The molecule has 11 heterocycles. The number of hydrogen-bond donors (Lipinski definition) is 4. The zero-order valence-electron chi connectivity index (χ0n) is 63.5. The van der Waals surface area contributed by atoms with Crippen molar-refractivity contribution in [2.24, 2.45) is 5.92 Å². The summed E-state index contributed by atoms with van der Waals surface area (Å²) >= 11 is 43.4. The Morgan fingerprint density at radius 3 is 1.58 bits per heavy atom. The number of carbonyl (C=O) groups excluding carboxylic acids is 3. The van der Waals surface area contributed by atoms with Crippen LogP contribution in [-0.2, 0) is 14.4 Å². The number of carbonyl (C=O) groups is 3. The average Bonchev–Trinajstić information content (AvgIpc) is 1.67. The number of piperidine rings is 2. The van der Waals surface area contributed by atoms with Crippen LogP contribution < -0.4 is 49.7 Å². The number of methoxy groups -OCH3 is 4. The van der Waals surface area contributed by atoms with E-state index in [1.807, 2.05) is 86.2 Å². The molecule has 15 rings (SSSR count). The molecule has 115 heavy (non-hydrogen) atoms. The number of imidazole rings is 3. The minimum absolute atomic E-state index is 0.0403. The van der Waals surface area contributed by atoms with Gasteiger partial charge in [0.2, 0.25) is 11.9 Å². The van der Waals surface area contributed by atoms with Crippen LogP contribution in [0.4, 0.5) is 23.3 Å². The highest BCUT2D eigenvalue weighted by molar-refractivity contribution is 6.43. The van der Waals surface area contributed by atoms with E-state index in [0.29, 0.717) is 158 Å². The molecule has 2 aliphatic rings. The number of halogens is 6. The fourth-order valence-corrected chi connectivity index (χ4v) is 16.8. The van der Waals surface area contributed by atoms with Crippen molar-refractivity contribution in [3.63, 3.8) is 0 Å². The Hall–Kier alpha value is -11.6. The molecule has 2 fully saturated rings. The van der Waals surface area contributed by atoms with Crippen LogP contribution in [0.1, 0.15) is 49.4 Å². The molecule has 588 valence electrons. The number of likely N-dealkylation sites (tertiary alicyclic amines) is 2. The van der Waals surface area contributed by atoms with Crippen molar-refractivity contribution < 1.29 is 42.8 Å². The highest BCUT2D eigenvalue weighted by atomic mass is 35.5. The zero-order valence-corrected chi connectivity index (χ0v) is 68.0. The summed E-state index contributed by atoms with van der Waals surface area (Å²) in [4.78, 5) is 78.6. The van der Waals surface area contributed by atoms with Crippen LogP contribution in [0.2, 0.25) is 30.1 Å². The number of amides is 3. The number of nitrogens with one attached hydrogen (secondary N) is 4. The smallest absolute Gasteiger partial charge is 0.254 e. The lowest BCUT2D eigenvalue weighted by Crippen LogP contribution is -2.39. The highest BCUT2D eigenvalue weighted by Crippen LogP contribution is 2.52. The van der Waals surface area contributed by atoms with Crippen molar-refractivity contribution in [2.75, 3.05) is 110 Å². The number of ether oxygens (including phenoxy) is 6. The first-order chi connectivity index (χ1) is 55.6. The monoisotopic (exact) mass is 1660 g/mol. The quantitative estimate of drug-likeness (QED) is 0.0387. The molecule has 13 aromatic rings. The Kier molecular flexibility index (Phi) is 22.6. The molecular formula is C84H76Cl6N16O9. The molecule has 3 amide bonds. The van der Waals surface area contributed by atoms with Gasteiger partial charge in [-0.15, -0.1) is 0 Å². The molecule has 31 heteroatoms. The Balaban J connectivity index is 0.644. The zero-order chi connectivity index (χ0) is 80.8. The SMILES string of the molecule is C=CC(=O)N1CCC(C/C=C/c2cn3c(n2)c(-c2c(Cl)c(OC)cc(OCC(=C)C(=O)N4CCC(c5cn6c(n5)c(-c5c(Cl)c(OC)cc(OCC(=C)C(=O)Nc7cccc(-c8cn9c(n8)c(-c8c(Cl)c(OC)cc(OC)c8Cl)cc8cnc(NC)cc89)c7)c5Cl)cc5cnc(NC)nc56)CC4)c2Cl)cc2cnc(NC)cc23)CC1. The number of rotatable bonds is 25. The number of anilines is 4. The van der Waals surface area contributed by atoms with E-state index < -0.39 is 5.91 Å². The third kappa shape index (κ3) is 15.1. The Labute approximate surface area is 690 Å². The van der Waals surface area contributed by atoms with E-state index in [1.165, 1.54) is 34.5 Å². The minimum atomic E-state index is -0.533. The predicted octanol–water partition coefficient (Wildman–Crippen LogP) is 18.2. The maximum absolute atomic E-state index is 14.4. The second kappa shape index (κ2) is 33.1. The van der Waals surface area contributed by atoms with Gasteiger partial charge in [-0.1, -0.05) is 108 Å². The lowest BCUT2D eigenvalue weighted by molar-refractivity contribution is -0.128. The van der Waals surface area contributed by atoms with Crippen molar-refractivity contribution in [1.29, 1.82) is 0 Å². The Morgan fingerprint density at radius 1 is 0.530 bits per heavy atom. The Bertz CT molecular complexity index is 6160. The van der Waals surface area contributed by atoms with Crippen molar-refractivity contribution in [3.05, 3.63) is 195 Å². The maximum Gasteiger partial charge on any atom is 0.254 e. The summed E-state index contributed by atoms with van der Waals surface area (Å²) in [6.07, 6.45) is 20.2. The van der Waals surface area contributed by atoms with Gasteiger partial charge in [-0.25, -0.2) is 29.9 Å². The van der Waals surface area contributed by atoms with Crippen LogP contribution in [0, 0.1) is 5.92 Å². The van der Waals surface area contributed by atoms with E-state index in [2.05, 4.69) is 62.0 Å². The summed E-state index contributed by atoms with van der Waals surface area (Å²) in [5, 5.41) is 15.6. The summed E-state index contributed by atoms with van der Waals surface area (Å²) < 4.78 is 41.6. The van der Waals surface area contributed by atoms with Crippen molar-refractivity contribution in [2.45, 2.75) is 38.0 Å². The van der Waals surface area contributed by atoms with Gasteiger partial charge in [0, 0.05) is 193 Å². The van der Waals surface area contributed by atoms with Crippen LogP contribution in [0.25, 0.3) is 100 Å². The van der Waals surface area contributed by atoms with Gasteiger partial charge < -0.3 is 59.5 Å².